The number of hydrogen-bond donors (Lipinski definition) is 1. The molecule has 0 saturated carbocycles. The Hall–Kier alpha value is -1.62. The van der Waals surface area contributed by atoms with E-state index < -0.39 is 17.3 Å². The van der Waals surface area contributed by atoms with E-state index in [0.29, 0.717) is 0 Å². The number of β-amino-alcohol motifs (C(OH)–C–C–N with tert-alkyl or cyclic N) is 1. The van der Waals surface area contributed by atoms with Crippen molar-refractivity contribution in [2.45, 2.75) is 19.4 Å². The Morgan fingerprint density at radius 3 is 2.63 bits per heavy atom. The lowest BCUT2D eigenvalue weighted by molar-refractivity contribution is -0.111. The van der Waals surface area contributed by atoms with Gasteiger partial charge in [-0.25, -0.2) is 4.39 Å². The standard InChI is InChI=1S/C14H18FNO3/c1-9(2)14(18)7-16(8-14)13(17)12-10(15)5-4-6-11(12)19-3/h4-6,9,18H,7-8H2,1-3H3. The lowest BCUT2D eigenvalue weighted by Crippen LogP contribution is -2.66. The van der Waals surface area contributed by atoms with Crippen LogP contribution >= 0.6 is 0 Å². The Morgan fingerprint density at radius 1 is 1.47 bits per heavy atom. The van der Waals surface area contributed by atoms with E-state index in [-0.39, 0.29) is 30.3 Å². The van der Waals surface area contributed by atoms with Crippen LogP contribution in [0.2, 0.25) is 0 Å². The molecule has 0 spiro atoms. The summed E-state index contributed by atoms with van der Waals surface area (Å²) in [4.78, 5) is 13.7. The van der Waals surface area contributed by atoms with Crippen molar-refractivity contribution in [2.75, 3.05) is 20.2 Å². The Morgan fingerprint density at radius 2 is 2.11 bits per heavy atom. The van der Waals surface area contributed by atoms with Crippen LogP contribution in [0.3, 0.4) is 0 Å². The third-order valence-corrected chi connectivity index (χ3v) is 3.70. The Balaban J connectivity index is 2.19. The maximum absolute atomic E-state index is 13.8. The zero-order chi connectivity index (χ0) is 14.2. The highest BCUT2D eigenvalue weighted by Gasteiger charge is 2.46. The van der Waals surface area contributed by atoms with Crippen molar-refractivity contribution >= 4 is 5.91 Å². The molecule has 1 fully saturated rings. The topological polar surface area (TPSA) is 49.8 Å². The minimum Gasteiger partial charge on any atom is -0.496 e. The summed E-state index contributed by atoms with van der Waals surface area (Å²) in [6.45, 7) is 4.24. The van der Waals surface area contributed by atoms with Gasteiger partial charge in [-0.3, -0.25) is 4.79 Å². The number of nitrogens with zero attached hydrogens (tertiary/aromatic N) is 1. The molecule has 2 rings (SSSR count). The van der Waals surface area contributed by atoms with E-state index >= 15 is 0 Å². The highest BCUT2D eigenvalue weighted by Crippen LogP contribution is 2.32. The molecule has 4 nitrogen and oxygen atoms in total. The smallest absolute Gasteiger partial charge is 0.260 e. The van der Waals surface area contributed by atoms with Gasteiger partial charge in [0.25, 0.3) is 5.91 Å². The lowest BCUT2D eigenvalue weighted by atomic mass is 9.82. The molecule has 0 radical (unpaired) electrons. The van der Waals surface area contributed by atoms with Gasteiger partial charge in [-0.2, -0.15) is 0 Å². The number of rotatable bonds is 3. The summed E-state index contributed by atoms with van der Waals surface area (Å²) >= 11 is 0. The number of methoxy groups -OCH3 is 1. The van der Waals surface area contributed by atoms with Crippen LogP contribution in [0.15, 0.2) is 18.2 Å². The molecular formula is C14H18FNO3. The minimum absolute atomic E-state index is 0.0547. The molecule has 104 valence electrons. The maximum Gasteiger partial charge on any atom is 0.260 e. The quantitative estimate of drug-likeness (QED) is 0.906. The largest absolute Gasteiger partial charge is 0.496 e. The van der Waals surface area contributed by atoms with Crippen LogP contribution in [0.25, 0.3) is 0 Å². The van der Waals surface area contributed by atoms with Gasteiger partial charge in [0.15, 0.2) is 0 Å². The predicted molar refractivity (Wildman–Crippen MR) is 68.6 cm³/mol. The maximum atomic E-state index is 13.8. The highest BCUT2D eigenvalue weighted by molar-refractivity contribution is 5.97. The van der Waals surface area contributed by atoms with Crippen molar-refractivity contribution < 1.29 is 19.0 Å². The van der Waals surface area contributed by atoms with E-state index in [1.807, 2.05) is 13.8 Å². The summed E-state index contributed by atoms with van der Waals surface area (Å²) in [6, 6.07) is 4.26. The Labute approximate surface area is 111 Å². The van der Waals surface area contributed by atoms with Gasteiger partial charge in [0.05, 0.1) is 20.2 Å². The molecule has 1 aromatic carbocycles. The van der Waals surface area contributed by atoms with Crippen molar-refractivity contribution in [1.82, 2.24) is 4.90 Å². The first-order valence-corrected chi connectivity index (χ1v) is 6.23. The fourth-order valence-corrected chi connectivity index (χ4v) is 2.16. The van der Waals surface area contributed by atoms with Crippen LogP contribution in [0.5, 0.6) is 5.75 Å². The van der Waals surface area contributed by atoms with E-state index in [4.69, 9.17) is 4.74 Å². The van der Waals surface area contributed by atoms with Gasteiger partial charge < -0.3 is 14.7 Å². The van der Waals surface area contributed by atoms with Crippen molar-refractivity contribution in [1.29, 1.82) is 0 Å². The summed E-state index contributed by atoms with van der Waals surface area (Å²) in [5.41, 5.74) is -0.940. The second kappa shape index (κ2) is 4.81. The van der Waals surface area contributed by atoms with Gasteiger partial charge >= 0.3 is 0 Å². The monoisotopic (exact) mass is 267 g/mol. The molecule has 1 aromatic rings. The molecule has 1 amide bonds. The molecule has 1 heterocycles. The summed E-state index contributed by atoms with van der Waals surface area (Å²) in [7, 11) is 1.39. The molecule has 0 atom stereocenters. The first kappa shape index (κ1) is 13.8. The first-order valence-electron chi connectivity index (χ1n) is 6.23. The number of aliphatic hydroxyl groups is 1. The van der Waals surface area contributed by atoms with Gasteiger partial charge in [-0.05, 0) is 18.1 Å². The molecule has 1 aliphatic rings. The van der Waals surface area contributed by atoms with Crippen molar-refractivity contribution in [3.8, 4) is 5.75 Å². The van der Waals surface area contributed by atoms with E-state index in [0.717, 1.165) is 0 Å². The van der Waals surface area contributed by atoms with E-state index in [9.17, 15) is 14.3 Å². The number of carbonyl (C=O) groups excluding carboxylic acids is 1. The Kier molecular flexibility index (Phi) is 3.49. The molecular weight excluding hydrogens is 249 g/mol. The third-order valence-electron chi connectivity index (χ3n) is 3.70. The number of ether oxygens (including phenoxy) is 1. The SMILES string of the molecule is COc1cccc(F)c1C(=O)N1CC(O)(C(C)C)C1. The zero-order valence-corrected chi connectivity index (χ0v) is 11.3. The molecule has 0 aromatic heterocycles. The lowest BCUT2D eigenvalue weighted by Gasteiger charge is -2.49. The van der Waals surface area contributed by atoms with E-state index in [1.165, 1.54) is 24.1 Å². The van der Waals surface area contributed by atoms with Crippen LogP contribution in [0.4, 0.5) is 4.39 Å². The van der Waals surface area contributed by atoms with Gasteiger partial charge in [0.2, 0.25) is 0 Å². The number of halogens is 1. The van der Waals surface area contributed by atoms with Crippen molar-refractivity contribution in [2.24, 2.45) is 5.92 Å². The molecule has 0 aliphatic carbocycles. The van der Waals surface area contributed by atoms with Crippen LogP contribution < -0.4 is 4.74 Å². The fourth-order valence-electron chi connectivity index (χ4n) is 2.16. The van der Waals surface area contributed by atoms with E-state index in [1.54, 1.807) is 6.07 Å². The average molecular weight is 267 g/mol. The van der Waals surface area contributed by atoms with Crippen LogP contribution in [0.1, 0.15) is 24.2 Å². The zero-order valence-electron chi connectivity index (χ0n) is 11.3. The number of benzene rings is 1. The molecule has 0 bridgehead atoms. The summed E-state index contributed by atoms with van der Waals surface area (Å²) in [5.74, 6) is -0.784. The van der Waals surface area contributed by atoms with Crippen LogP contribution in [-0.4, -0.2) is 41.7 Å². The van der Waals surface area contributed by atoms with Gasteiger partial charge in [-0.15, -0.1) is 0 Å². The number of likely N-dealkylation sites (tertiary alicyclic amines) is 1. The molecule has 0 unspecified atom stereocenters. The fraction of sp³-hybridized carbons (Fsp3) is 0.500. The number of amides is 1. The average Bonchev–Trinajstić information content (AvgIpc) is 2.33. The second-order valence-corrected chi connectivity index (χ2v) is 5.24. The molecule has 5 heteroatoms. The third kappa shape index (κ3) is 2.30. The van der Waals surface area contributed by atoms with Crippen LogP contribution in [-0.2, 0) is 0 Å². The highest BCUT2D eigenvalue weighted by atomic mass is 19.1. The summed E-state index contributed by atoms with van der Waals surface area (Å²) < 4.78 is 18.8. The van der Waals surface area contributed by atoms with Gasteiger partial charge in [0.1, 0.15) is 22.7 Å². The Bertz CT molecular complexity index is 495. The number of carbonyl (C=O) groups is 1. The van der Waals surface area contributed by atoms with E-state index in [2.05, 4.69) is 0 Å². The molecule has 1 saturated heterocycles. The van der Waals surface area contributed by atoms with Crippen molar-refractivity contribution in [3.63, 3.8) is 0 Å². The summed E-state index contributed by atoms with van der Waals surface area (Å²) in [6.07, 6.45) is 0. The molecule has 19 heavy (non-hydrogen) atoms. The number of hydrogen-bond acceptors (Lipinski definition) is 3. The van der Waals surface area contributed by atoms with Crippen LogP contribution in [0, 0.1) is 11.7 Å². The van der Waals surface area contributed by atoms with Gasteiger partial charge in [0, 0.05) is 0 Å². The first-order chi connectivity index (χ1) is 8.89. The molecule has 1 N–H and O–H groups in total. The minimum atomic E-state index is -0.867. The second-order valence-electron chi connectivity index (χ2n) is 5.24. The van der Waals surface area contributed by atoms with Crippen molar-refractivity contribution in [3.05, 3.63) is 29.6 Å². The normalized spacial score (nSPS) is 17.3. The molecule has 1 aliphatic heterocycles. The predicted octanol–water partition coefficient (Wildman–Crippen LogP) is 1.68. The summed E-state index contributed by atoms with van der Waals surface area (Å²) in [5, 5.41) is 10.1. The van der Waals surface area contributed by atoms with Gasteiger partial charge in [-0.1, -0.05) is 19.9 Å².